The predicted octanol–water partition coefficient (Wildman–Crippen LogP) is -0.466. The van der Waals surface area contributed by atoms with Crippen molar-refractivity contribution in [1.82, 2.24) is 0 Å². The third-order valence-electron chi connectivity index (χ3n) is 1.73. The van der Waals surface area contributed by atoms with E-state index in [2.05, 4.69) is 0 Å². The summed E-state index contributed by atoms with van der Waals surface area (Å²) in [6, 6.07) is 4.79. The molecule has 0 unspecified atom stereocenters. The minimum absolute atomic E-state index is 0. The van der Waals surface area contributed by atoms with E-state index >= 15 is 0 Å². The zero-order chi connectivity index (χ0) is 10.6. The number of halogens is 3. The molecule has 1 nitrogen and oxygen atoms in total. The molecule has 0 aliphatic rings. The van der Waals surface area contributed by atoms with Crippen molar-refractivity contribution in [3.8, 4) is 5.75 Å². The molecule has 0 aliphatic carbocycles. The van der Waals surface area contributed by atoms with Crippen LogP contribution in [0.3, 0.4) is 0 Å². The van der Waals surface area contributed by atoms with E-state index in [4.69, 9.17) is 4.74 Å². The van der Waals surface area contributed by atoms with Gasteiger partial charge in [0.25, 0.3) is 0 Å². The first-order chi connectivity index (χ1) is 6.54. The second kappa shape index (κ2) is 6.96. The van der Waals surface area contributed by atoms with Crippen LogP contribution in [0.25, 0.3) is 0 Å². The molecule has 0 fully saturated rings. The van der Waals surface area contributed by atoms with Crippen molar-refractivity contribution in [3.63, 3.8) is 0 Å². The summed E-state index contributed by atoms with van der Waals surface area (Å²) in [5, 5.41) is 0. The summed E-state index contributed by atoms with van der Waals surface area (Å²) in [5.41, 5.74) is -0.589. The van der Waals surface area contributed by atoms with Crippen LogP contribution >= 0.6 is 0 Å². The number of hydrogen-bond donors (Lipinski definition) is 0. The van der Waals surface area contributed by atoms with Crippen molar-refractivity contribution in [2.24, 2.45) is 0 Å². The smallest absolute Gasteiger partial charge is 0.494 e. The summed E-state index contributed by atoms with van der Waals surface area (Å²) in [4.78, 5) is 0. The van der Waals surface area contributed by atoms with Gasteiger partial charge in [0, 0.05) is 0 Å². The maximum absolute atomic E-state index is 12.2. The molecular formula is C9H11BF3KO. The van der Waals surface area contributed by atoms with E-state index in [-0.39, 0.29) is 51.4 Å². The summed E-state index contributed by atoms with van der Waals surface area (Å²) in [6.45, 7) is -2.43. The largest absolute Gasteiger partial charge is 1.00 e. The molecule has 0 bridgehead atoms. The Morgan fingerprint density at radius 2 is 1.67 bits per heavy atom. The fourth-order valence-electron chi connectivity index (χ4n) is 1.00. The van der Waals surface area contributed by atoms with Gasteiger partial charge in [0.15, 0.2) is 0 Å². The van der Waals surface area contributed by atoms with E-state index in [1.807, 2.05) is 6.92 Å². The molecule has 0 N–H and O–H groups in total. The Hall–Kier alpha value is 0.511. The number of ether oxygens (including phenoxy) is 1. The molecule has 0 saturated carbocycles. The molecule has 0 aliphatic heterocycles. The van der Waals surface area contributed by atoms with Crippen molar-refractivity contribution in [2.45, 2.75) is 13.3 Å². The van der Waals surface area contributed by atoms with Crippen LogP contribution in [-0.4, -0.2) is 13.6 Å². The van der Waals surface area contributed by atoms with Crippen molar-refractivity contribution in [1.29, 1.82) is 0 Å². The number of rotatable bonds is 4. The first-order valence-corrected chi connectivity index (χ1v) is 4.46. The van der Waals surface area contributed by atoms with Gasteiger partial charge in [-0.25, -0.2) is 0 Å². The van der Waals surface area contributed by atoms with Gasteiger partial charge in [-0.3, -0.25) is 0 Å². The Bertz CT molecular complexity index is 286. The topological polar surface area (TPSA) is 9.23 Å². The first-order valence-electron chi connectivity index (χ1n) is 4.46. The number of hydrogen-bond acceptors (Lipinski definition) is 1. The van der Waals surface area contributed by atoms with Gasteiger partial charge in [-0.15, -0.1) is 5.46 Å². The molecule has 78 valence electrons. The van der Waals surface area contributed by atoms with Crippen molar-refractivity contribution in [3.05, 3.63) is 24.3 Å². The van der Waals surface area contributed by atoms with Crippen LogP contribution in [0.2, 0.25) is 0 Å². The molecule has 1 rings (SSSR count). The summed E-state index contributed by atoms with van der Waals surface area (Å²) in [6.07, 6.45) is 0.838. The van der Waals surface area contributed by atoms with E-state index in [9.17, 15) is 12.9 Å². The van der Waals surface area contributed by atoms with Crippen LogP contribution in [0.15, 0.2) is 24.3 Å². The van der Waals surface area contributed by atoms with Gasteiger partial charge in [-0.05, 0) is 18.6 Å². The molecule has 0 atom stereocenters. The van der Waals surface area contributed by atoms with E-state index in [1.54, 1.807) is 0 Å². The molecule has 0 heterocycles. The van der Waals surface area contributed by atoms with Crippen LogP contribution in [0.5, 0.6) is 5.75 Å². The monoisotopic (exact) mass is 242 g/mol. The molecule has 15 heavy (non-hydrogen) atoms. The maximum atomic E-state index is 12.2. The predicted molar refractivity (Wildman–Crippen MR) is 50.9 cm³/mol. The van der Waals surface area contributed by atoms with Crippen LogP contribution in [0, 0.1) is 0 Å². The average Bonchev–Trinajstić information content (AvgIpc) is 2.14. The van der Waals surface area contributed by atoms with Gasteiger partial charge in [0.05, 0.1) is 6.61 Å². The Morgan fingerprint density at radius 3 is 2.07 bits per heavy atom. The molecule has 1 aromatic rings. The number of benzene rings is 1. The SMILES string of the molecule is CCCOc1ccc([B-](F)(F)F)cc1.[K+]. The molecule has 0 saturated heterocycles. The van der Waals surface area contributed by atoms with Crippen molar-refractivity contribution in [2.75, 3.05) is 6.61 Å². The zero-order valence-corrected chi connectivity index (χ0v) is 12.0. The van der Waals surface area contributed by atoms with Crippen LogP contribution in [0.4, 0.5) is 12.9 Å². The van der Waals surface area contributed by atoms with Gasteiger partial charge in [0.2, 0.25) is 0 Å². The maximum Gasteiger partial charge on any atom is 1.00 e. The van der Waals surface area contributed by atoms with E-state index in [0.717, 1.165) is 18.6 Å². The quantitative estimate of drug-likeness (QED) is 0.649. The van der Waals surface area contributed by atoms with Crippen LogP contribution in [-0.2, 0) is 0 Å². The van der Waals surface area contributed by atoms with Crippen LogP contribution < -0.4 is 61.6 Å². The molecule has 0 spiro atoms. The molecule has 0 amide bonds. The van der Waals surface area contributed by atoms with Gasteiger partial charge >= 0.3 is 58.4 Å². The summed E-state index contributed by atoms with van der Waals surface area (Å²) in [5.74, 6) is 0.482. The Kier molecular flexibility index (Phi) is 7.20. The minimum Gasteiger partial charge on any atom is -0.494 e. The van der Waals surface area contributed by atoms with Gasteiger partial charge in [-0.1, -0.05) is 19.1 Å². The third kappa shape index (κ3) is 5.40. The van der Waals surface area contributed by atoms with E-state index in [1.165, 1.54) is 12.1 Å². The normalized spacial score (nSPS) is 10.7. The second-order valence-electron chi connectivity index (χ2n) is 2.99. The van der Waals surface area contributed by atoms with Gasteiger partial charge in [0.1, 0.15) is 5.75 Å². The van der Waals surface area contributed by atoms with E-state index in [0.29, 0.717) is 12.4 Å². The molecule has 6 heteroatoms. The Morgan fingerprint density at radius 1 is 1.13 bits per heavy atom. The Labute approximate surface area is 130 Å². The third-order valence-corrected chi connectivity index (χ3v) is 1.73. The van der Waals surface area contributed by atoms with E-state index < -0.39 is 12.4 Å². The van der Waals surface area contributed by atoms with Crippen molar-refractivity contribution < 1.29 is 69.1 Å². The first kappa shape index (κ1) is 15.5. The average molecular weight is 242 g/mol. The fraction of sp³-hybridized carbons (Fsp3) is 0.333. The standard InChI is InChI=1S/C9H11BF3O.K/c1-2-7-14-9-5-3-8(4-6-9)10(11,12)13;/h3-6H,2,7H2,1H3;/q-1;+1. The molecule has 0 aromatic heterocycles. The molecule has 1 aromatic carbocycles. The fourth-order valence-corrected chi connectivity index (χ4v) is 1.00. The zero-order valence-electron chi connectivity index (χ0n) is 8.84. The second-order valence-corrected chi connectivity index (χ2v) is 2.99. The van der Waals surface area contributed by atoms with Gasteiger partial charge < -0.3 is 17.7 Å². The molecule has 0 radical (unpaired) electrons. The van der Waals surface area contributed by atoms with Gasteiger partial charge in [-0.2, -0.15) is 0 Å². The summed E-state index contributed by atoms with van der Waals surface area (Å²) < 4.78 is 41.7. The van der Waals surface area contributed by atoms with Crippen LogP contribution in [0.1, 0.15) is 13.3 Å². The summed E-state index contributed by atoms with van der Waals surface area (Å²) >= 11 is 0. The molecular weight excluding hydrogens is 231 g/mol. The summed E-state index contributed by atoms with van der Waals surface area (Å²) in [7, 11) is 0. The van der Waals surface area contributed by atoms with Crippen molar-refractivity contribution >= 4 is 12.4 Å². The Balaban J connectivity index is 0.00000196. The minimum atomic E-state index is -4.89.